The molecule has 0 bridgehead atoms. The molecule has 0 fully saturated rings. The predicted molar refractivity (Wildman–Crippen MR) is 107 cm³/mol. The van der Waals surface area contributed by atoms with Gasteiger partial charge >= 0.3 is 0 Å². The Labute approximate surface area is 162 Å². The van der Waals surface area contributed by atoms with E-state index in [-0.39, 0.29) is 29.8 Å². The number of hydrogen-bond acceptors (Lipinski definition) is 5. The molecule has 0 aliphatic carbocycles. The van der Waals surface area contributed by atoms with E-state index >= 15 is 0 Å². The van der Waals surface area contributed by atoms with Crippen LogP contribution in [0.25, 0.3) is 10.9 Å². The first-order chi connectivity index (χ1) is 13.1. The fraction of sp³-hybridized carbons (Fsp3) is 0.350. The number of furan rings is 1. The molecule has 2 aromatic heterocycles. The summed E-state index contributed by atoms with van der Waals surface area (Å²) in [6, 6.07) is 11.0. The summed E-state index contributed by atoms with van der Waals surface area (Å²) in [5, 5.41) is 4.03. The number of nitrogens with one attached hydrogen (secondary N) is 1. The van der Waals surface area contributed by atoms with Crippen molar-refractivity contribution < 1.29 is 9.21 Å². The summed E-state index contributed by atoms with van der Waals surface area (Å²) in [6.45, 7) is 4.36. The van der Waals surface area contributed by atoms with E-state index in [1.807, 2.05) is 25.1 Å². The van der Waals surface area contributed by atoms with E-state index in [2.05, 4.69) is 17.2 Å². The van der Waals surface area contributed by atoms with Crippen LogP contribution in [0.3, 0.4) is 0 Å². The van der Waals surface area contributed by atoms with Gasteiger partial charge in [-0.1, -0.05) is 37.2 Å². The van der Waals surface area contributed by atoms with Gasteiger partial charge < -0.3 is 9.73 Å². The molecule has 7 heteroatoms. The molecule has 6 nitrogen and oxygen atoms in total. The molecule has 1 unspecified atom stereocenters. The fourth-order valence-electron chi connectivity index (χ4n) is 2.91. The summed E-state index contributed by atoms with van der Waals surface area (Å²) in [5.41, 5.74) is 0.486. The zero-order chi connectivity index (χ0) is 19.2. The highest BCUT2D eigenvalue weighted by Gasteiger charge is 2.15. The Morgan fingerprint density at radius 2 is 2.11 bits per heavy atom. The lowest BCUT2D eigenvalue weighted by Gasteiger charge is -2.14. The third-order valence-electron chi connectivity index (χ3n) is 4.18. The van der Waals surface area contributed by atoms with Gasteiger partial charge in [-0.15, -0.1) is 0 Å². The Morgan fingerprint density at radius 3 is 2.85 bits per heavy atom. The van der Waals surface area contributed by atoms with Crippen molar-refractivity contribution in [1.82, 2.24) is 14.9 Å². The number of carbonyl (C=O) groups is 1. The second-order valence-electron chi connectivity index (χ2n) is 6.43. The molecule has 0 aliphatic heterocycles. The Hall–Kier alpha value is -2.54. The minimum Gasteiger partial charge on any atom is -0.467 e. The molecule has 3 aromatic rings. The molecule has 0 aliphatic rings. The molecule has 1 aromatic carbocycles. The van der Waals surface area contributed by atoms with Gasteiger partial charge in [-0.25, -0.2) is 4.98 Å². The van der Waals surface area contributed by atoms with Gasteiger partial charge in [-0.3, -0.25) is 14.2 Å². The first-order valence-electron chi connectivity index (χ1n) is 9.02. The predicted octanol–water partition coefficient (Wildman–Crippen LogP) is 3.43. The van der Waals surface area contributed by atoms with E-state index in [0.29, 0.717) is 21.8 Å². The smallest absolute Gasteiger partial charge is 0.262 e. The quantitative estimate of drug-likeness (QED) is 0.475. The highest BCUT2D eigenvalue weighted by molar-refractivity contribution is 7.99. The summed E-state index contributed by atoms with van der Waals surface area (Å²) in [6.07, 6.45) is 3.53. The summed E-state index contributed by atoms with van der Waals surface area (Å²) in [7, 11) is 0. The van der Waals surface area contributed by atoms with Crippen LogP contribution in [0.4, 0.5) is 0 Å². The average Bonchev–Trinajstić information content (AvgIpc) is 3.16. The minimum absolute atomic E-state index is 0.0621. The van der Waals surface area contributed by atoms with E-state index in [0.717, 1.165) is 12.8 Å². The van der Waals surface area contributed by atoms with Crippen LogP contribution in [0.15, 0.2) is 57.0 Å². The van der Waals surface area contributed by atoms with E-state index in [1.165, 1.54) is 11.8 Å². The third-order valence-corrected chi connectivity index (χ3v) is 5.16. The third kappa shape index (κ3) is 4.80. The number of nitrogens with zero attached hydrogens (tertiary/aromatic N) is 2. The molecule has 142 valence electrons. The summed E-state index contributed by atoms with van der Waals surface area (Å²) >= 11 is 1.26. The van der Waals surface area contributed by atoms with Crippen LogP contribution in [-0.4, -0.2) is 27.3 Å². The zero-order valence-corrected chi connectivity index (χ0v) is 16.3. The van der Waals surface area contributed by atoms with Crippen molar-refractivity contribution in [3.63, 3.8) is 0 Å². The Morgan fingerprint density at radius 1 is 1.30 bits per heavy atom. The van der Waals surface area contributed by atoms with E-state index in [4.69, 9.17) is 4.42 Å². The molecule has 0 saturated carbocycles. The maximum absolute atomic E-state index is 13.0. The molecular weight excluding hydrogens is 362 g/mol. The van der Waals surface area contributed by atoms with Crippen LogP contribution in [0, 0.1) is 0 Å². The van der Waals surface area contributed by atoms with Crippen LogP contribution in [-0.2, 0) is 11.3 Å². The van der Waals surface area contributed by atoms with Crippen LogP contribution in [0.1, 0.15) is 32.4 Å². The number of rotatable bonds is 8. The lowest BCUT2D eigenvalue weighted by Crippen LogP contribution is -2.34. The number of aromatic nitrogens is 2. The molecule has 0 spiro atoms. The zero-order valence-electron chi connectivity index (χ0n) is 15.5. The first-order valence-corrected chi connectivity index (χ1v) is 10.0. The monoisotopic (exact) mass is 385 g/mol. The standard InChI is InChI=1S/C20H23N3O3S/c1-3-7-14(2)21-18(24)13-27-20-22-17-10-5-4-9-16(17)19(25)23(20)12-15-8-6-11-26-15/h4-6,8-11,14H,3,7,12-13H2,1-2H3,(H,21,24). The van der Waals surface area contributed by atoms with Crippen molar-refractivity contribution in [2.24, 2.45) is 0 Å². The van der Waals surface area contributed by atoms with E-state index < -0.39 is 0 Å². The Kier molecular flexibility index (Phi) is 6.34. The van der Waals surface area contributed by atoms with Crippen LogP contribution in [0.5, 0.6) is 0 Å². The number of para-hydroxylation sites is 1. The second kappa shape index (κ2) is 8.90. The number of benzene rings is 1. The van der Waals surface area contributed by atoms with Gasteiger partial charge in [-0.2, -0.15) is 0 Å². The second-order valence-corrected chi connectivity index (χ2v) is 7.37. The number of hydrogen-bond donors (Lipinski definition) is 1. The van der Waals surface area contributed by atoms with Crippen molar-refractivity contribution >= 4 is 28.6 Å². The summed E-state index contributed by atoms with van der Waals surface area (Å²) in [4.78, 5) is 29.8. The van der Waals surface area contributed by atoms with Crippen molar-refractivity contribution in [3.05, 3.63) is 58.8 Å². The van der Waals surface area contributed by atoms with Crippen molar-refractivity contribution in [2.45, 2.75) is 44.4 Å². The van der Waals surface area contributed by atoms with Gasteiger partial charge in [0.05, 0.1) is 29.5 Å². The van der Waals surface area contributed by atoms with Gasteiger partial charge in [0, 0.05) is 6.04 Å². The number of amides is 1. The molecule has 1 N–H and O–H groups in total. The maximum Gasteiger partial charge on any atom is 0.262 e. The maximum atomic E-state index is 13.0. The lowest BCUT2D eigenvalue weighted by molar-refractivity contribution is -0.119. The minimum atomic E-state index is -0.140. The summed E-state index contributed by atoms with van der Waals surface area (Å²) < 4.78 is 6.95. The van der Waals surface area contributed by atoms with Crippen LogP contribution in [0.2, 0.25) is 0 Å². The molecule has 3 rings (SSSR count). The van der Waals surface area contributed by atoms with Gasteiger partial charge in [0.2, 0.25) is 5.91 Å². The summed E-state index contributed by atoms with van der Waals surface area (Å²) in [5.74, 6) is 0.807. The topological polar surface area (TPSA) is 77.1 Å². The SMILES string of the molecule is CCCC(C)NC(=O)CSc1nc2ccccc2c(=O)n1Cc1ccco1. The average molecular weight is 385 g/mol. The van der Waals surface area contributed by atoms with Gasteiger partial charge in [0.1, 0.15) is 5.76 Å². The first kappa shape index (κ1) is 19.2. The van der Waals surface area contributed by atoms with Gasteiger partial charge in [0.15, 0.2) is 5.16 Å². The number of thioether (sulfide) groups is 1. The van der Waals surface area contributed by atoms with Crippen LogP contribution < -0.4 is 10.9 Å². The van der Waals surface area contributed by atoms with Crippen molar-refractivity contribution in [1.29, 1.82) is 0 Å². The van der Waals surface area contributed by atoms with E-state index in [1.54, 1.807) is 29.0 Å². The highest BCUT2D eigenvalue weighted by Crippen LogP contribution is 2.19. The lowest BCUT2D eigenvalue weighted by atomic mass is 10.2. The normalized spacial score (nSPS) is 12.2. The highest BCUT2D eigenvalue weighted by atomic mass is 32.2. The Balaban J connectivity index is 1.86. The molecule has 27 heavy (non-hydrogen) atoms. The largest absolute Gasteiger partial charge is 0.467 e. The molecule has 0 radical (unpaired) electrons. The Bertz CT molecular complexity index is 966. The van der Waals surface area contributed by atoms with Gasteiger partial charge in [-0.05, 0) is 37.6 Å². The van der Waals surface area contributed by atoms with Crippen LogP contribution >= 0.6 is 11.8 Å². The molecule has 1 atom stereocenters. The number of carbonyl (C=O) groups excluding carboxylic acids is 1. The molecule has 2 heterocycles. The molecule has 1 amide bonds. The molecule has 0 saturated heterocycles. The fourth-order valence-corrected chi connectivity index (χ4v) is 3.72. The van der Waals surface area contributed by atoms with E-state index in [9.17, 15) is 9.59 Å². The molecular formula is C20H23N3O3S. The van der Waals surface area contributed by atoms with Gasteiger partial charge in [0.25, 0.3) is 5.56 Å². The van der Waals surface area contributed by atoms with Crippen molar-refractivity contribution in [2.75, 3.05) is 5.75 Å². The number of fused-ring (bicyclic) bond motifs is 1. The van der Waals surface area contributed by atoms with Crippen molar-refractivity contribution in [3.8, 4) is 0 Å².